The van der Waals surface area contributed by atoms with E-state index < -0.39 is 9.84 Å². The number of aliphatic imine (C=N–C) groups is 1. The maximum absolute atomic E-state index is 11.7. The fourth-order valence-corrected chi connectivity index (χ4v) is 4.43. The lowest BCUT2D eigenvalue weighted by Gasteiger charge is -2.13. The molecule has 2 aromatic carbocycles. The molecule has 1 aromatic heterocycles. The van der Waals surface area contributed by atoms with Gasteiger partial charge in [-0.2, -0.15) is 0 Å². The van der Waals surface area contributed by atoms with Gasteiger partial charge in [-0.15, -0.1) is 0 Å². The van der Waals surface area contributed by atoms with Crippen molar-refractivity contribution in [2.75, 3.05) is 19.8 Å². The fourth-order valence-electron chi connectivity index (χ4n) is 3.47. The molecule has 0 fully saturated rings. The molecule has 3 rings (SSSR count). The van der Waals surface area contributed by atoms with Gasteiger partial charge in [0.15, 0.2) is 15.8 Å². The highest BCUT2D eigenvalue weighted by Crippen LogP contribution is 2.19. The van der Waals surface area contributed by atoms with Gasteiger partial charge < -0.3 is 15.6 Å². The van der Waals surface area contributed by atoms with Crippen LogP contribution in [-0.4, -0.2) is 39.2 Å². The summed E-state index contributed by atoms with van der Waals surface area (Å²) in [5.74, 6) is 0.713. The summed E-state index contributed by atoms with van der Waals surface area (Å²) >= 11 is 0. The average Bonchev–Trinajstić information content (AvgIpc) is 3.05. The number of nitrogens with zero attached hydrogens (tertiary/aromatic N) is 1. The van der Waals surface area contributed by atoms with Crippen LogP contribution in [0, 0.1) is 13.8 Å². The van der Waals surface area contributed by atoms with Gasteiger partial charge in [0.05, 0.1) is 4.90 Å². The first-order valence-electron chi connectivity index (χ1n) is 9.58. The van der Waals surface area contributed by atoms with E-state index in [0.717, 1.165) is 29.6 Å². The lowest BCUT2D eigenvalue weighted by Crippen LogP contribution is -2.37. The Bertz CT molecular complexity index is 1150. The van der Waals surface area contributed by atoms with Crippen LogP contribution in [0.25, 0.3) is 10.9 Å². The van der Waals surface area contributed by atoms with Gasteiger partial charge in [0.2, 0.25) is 0 Å². The SMILES string of the molecule is CN=C(NCCc1c[nH]c2cc(C)ccc12)NCc1ccc(S(C)(=O)=O)c(C)c1. The molecule has 3 aromatic rings. The van der Waals surface area contributed by atoms with Crippen molar-refractivity contribution in [3.05, 3.63) is 64.8 Å². The largest absolute Gasteiger partial charge is 0.361 e. The number of sulfone groups is 1. The van der Waals surface area contributed by atoms with Crippen molar-refractivity contribution in [3.8, 4) is 0 Å². The summed E-state index contributed by atoms with van der Waals surface area (Å²) in [5.41, 5.74) is 5.44. The predicted molar refractivity (Wildman–Crippen MR) is 119 cm³/mol. The number of hydrogen-bond donors (Lipinski definition) is 3. The molecule has 0 unspecified atom stereocenters. The van der Waals surface area contributed by atoms with E-state index in [9.17, 15) is 8.42 Å². The fraction of sp³-hybridized carbons (Fsp3) is 0.318. The van der Waals surface area contributed by atoms with Gasteiger partial charge in [0, 0.05) is 43.5 Å². The summed E-state index contributed by atoms with van der Waals surface area (Å²) < 4.78 is 23.5. The molecule has 0 aliphatic rings. The predicted octanol–water partition coefficient (Wildman–Crippen LogP) is 3.10. The highest BCUT2D eigenvalue weighted by molar-refractivity contribution is 7.90. The number of nitrogens with one attached hydrogen (secondary N) is 3. The molecule has 0 spiro atoms. The van der Waals surface area contributed by atoms with E-state index in [1.165, 1.54) is 22.8 Å². The Kier molecular flexibility index (Phi) is 6.27. The van der Waals surface area contributed by atoms with Crippen LogP contribution in [0.4, 0.5) is 0 Å². The van der Waals surface area contributed by atoms with E-state index in [1.807, 2.05) is 19.1 Å². The minimum Gasteiger partial charge on any atom is -0.361 e. The monoisotopic (exact) mass is 412 g/mol. The van der Waals surface area contributed by atoms with Crippen molar-refractivity contribution >= 4 is 26.7 Å². The molecule has 7 heteroatoms. The Morgan fingerprint density at radius 1 is 1.10 bits per heavy atom. The number of H-pyrrole nitrogens is 1. The highest BCUT2D eigenvalue weighted by Gasteiger charge is 2.11. The van der Waals surface area contributed by atoms with E-state index in [1.54, 1.807) is 13.1 Å². The molecule has 0 radical (unpaired) electrons. The van der Waals surface area contributed by atoms with E-state index in [4.69, 9.17) is 0 Å². The van der Waals surface area contributed by atoms with Crippen LogP contribution in [0.3, 0.4) is 0 Å². The summed E-state index contributed by atoms with van der Waals surface area (Å²) in [4.78, 5) is 7.97. The Morgan fingerprint density at radius 2 is 1.90 bits per heavy atom. The van der Waals surface area contributed by atoms with Crippen LogP contribution in [0.1, 0.15) is 22.3 Å². The Hall–Kier alpha value is -2.80. The molecule has 0 saturated heterocycles. The normalized spacial score (nSPS) is 12.3. The van der Waals surface area contributed by atoms with E-state index in [2.05, 4.69) is 51.9 Å². The number of hydrogen-bond acceptors (Lipinski definition) is 3. The lowest BCUT2D eigenvalue weighted by atomic mass is 10.1. The third-order valence-corrected chi connectivity index (χ3v) is 6.19. The second-order valence-electron chi connectivity index (χ2n) is 7.34. The molecule has 3 N–H and O–H groups in total. The Balaban J connectivity index is 1.55. The summed E-state index contributed by atoms with van der Waals surface area (Å²) in [6.07, 6.45) is 4.17. The van der Waals surface area contributed by atoms with E-state index in [-0.39, 0.29) is 0 Å². The van der Waals surface area contributed by atoms with E-state index >= 15 is 0 Å². The number of aryl methyl sites for hydroxylation is 2. The molecule has 0 aliphatic heterocycles. The van der Waals surface area contributed by atoms with Gasteiger partial charge in [0.1, 0.15) is 0 Å². The third-order valence-electron chi connectivity index (χ3n) is 4.93. The van der Waals surface area contributed by atoms with Gasteiger partial charge in [-0.25, -0.2) is 8.42 Å². The van der Waals surface area contributed by atoms with Crippen molar-refractivity contribution in [2.45, 2.75) is 31.7 Å². The summed E-state index contributed by atoms with van der Waals surface area (Å²) in [6, 6.07) is 11.8. The van der Waals surface area contributed by atoms with Gasteiger partial charge in [-0.05, 0) is 54.7 Å². The first-order chi connectivity index (χ1) is 13.8. The van der Waals surface area contributed by atoms with Crippen molar-refractivity contribution in [1.82, 2.24) is 15.6 Å². The minimum absolute atomic E-state index is 0.373. The molecular weight excluding hydrogens is 384 g/mol. The second-order valence-corrected chi connectivity index (χ2v) is 9.32. The molecule has 0 amide bonds. The maximum atomic E-state index is 11.7. The van der Waals surface area contributed by atoms with E-state index in [0.29, 0.717) is 17.4 Å². The average molecular weight is 413 g/mol. The molecule has 6 nitrogen and oxygen atoms in total. The molecule has 29 heavy (non-hydrogen) atoms. The minimum atomic E-state index is -3.20. The first kappa shape index (κ1) is 20.9. The zero-order valence-corrected chi connectivity index (χ0v) is 18.2. The number of aromatic amines is 1. The first-order valence-corrected chi connectivity index (χ1v) is 11.5. The third kappa shape index (κ3) is 5.17. The summed E-state index contributed by atoms with van der Waals surface area (Å²) in [5, 5.41) is 7.86. The number of fused-ring (bicyclic) bond motifs is 1. The molecular formula is C22H28N4O2S. The van der Waals surface area contributed by atoms with Gasteiger partial charge in [0.25, 0.3) is 0 Å². The topological polar surface area (TPSA) is 86.3 Å². The molecule has 0 aliphatic carbocycles. The number of guanidine groups is 1. The van der Waals surface area contributed by atoms with Crippen molar-refractivity contribution in [3.63, 3.8) is 0 Å². The zero-order valence-electron chi connectivity index (χ0n) is 17.3. The number of benzene rings is 2. The summed E-state index contributed by atoms with van der Waals surface area (Å²) in [7, 11) is -1.46. The van der Waals surface area contributed by atoms with Crippen LogP contribution in [0.5, 0.6) is 0 Å². The maximum Gasteiger partial charge on any atom is 0.191 e. The Labute approximate surface area is 172 Å². The van der Waals surface area contributed by atoms with Crippen LogP contribution < -0.4 is 10.6 Å². The van der Waals surface area contributed by atoms with Crippen molar-refractivity contribution in [2.24, 2.45) is 4.99 Å². The second kappa shape index (κ2) is 8.69. The highest BCUT2D eigenvalue weighted by atomic mass is 32.2. The van der Waals surface area contributed by atoms with Crippen molar-refractivity contribution < 1.29 is 8.42 Å². The molecule has 0 saturated carbocycles. The van der Waals surface area contributed by atoms with Gasteiger partial charge in [-0.1, -0.05) is 24.3 Å². The molecule has 0 atom stereocenters. The molecule has 1 heterocycles. The van der Waals surface area contributed by atoms with Crippen molar-refractivity contribution in [1.29, 1.82) is 0 Å². The molecule has 0 bridgehead atoms. The zero-order chi connectivity index (χ0) is 21.0. The smallest absolute Gasteiger partial charge is 0.191 e. The van der Waals surface area contributed by atoms with Crippen LogP contribution >= 0.6 is 0 Å². The van der Waals surface area contributed by atoms with Crippen LogP contribution in [0.2, 0.25) is 0 Å². The number of rotatable bonds is 6. The van der Waals surface area contributed by atoms with Crippen LogP contribution in [0.15, 0.2) is 52.5 Å². The van der Waals surface area contributed by atoms with Gasteiger partial charge >= 0.3 is 0 Å². The molecule has 154 valence electrons. The van der Waals surface area contributed by atoms with Crippen LogP contribution in [-0.2, 0) is 22.8 Å². The quantitative estimate of drug-likeness (QED) is 0.429. The lowest BCUT2D eigenvalue weighted by molar-refractivity contribution is 0.601. The summed E-state index contributed by atoms with van der Waals surface area (Å²) in [6.45, 7) is 5.23. The number of aromatic nitrogens is 1. The Morgan fingerprint density at radius 3 is 2.59 bits per heavy atom. The standard InChI is InChI=1S/C22H28N4O2S/c1-15-5-7-19-18(14-25-20(19)11-15)9-10-24-22(23-3)26-13-17-6-8-21(16(2)12-17)29(4,27)28/h5-8,11-12,14,25H,9-10,13H2,1-4H3,(H2,23,24,26). The van der Waals surface area contributed by atoms with Gasteiger partial charge in [-0.3, -0.25) is 4.99 Å².